The van der Waals surface area contributed by atoms with Crippen LogP contribution in [0.1, 0.15) is 53.1 Å². The molecule has 4 unspecified atom stereocenters. The summed E-state index contributed by atoms with van der Waals surface area (Å²) in [4.78, 5) is 39.6. The molecule has 4 aromatic carbocycles. The summed E-state index contributed by atoms with van der Waals surface area (Å²) in [7, 11) is 0. The lowest BCUT2D eigenvalue weighted by Gasteiger charge is -2.36. The maximum atomic E-state index is 13.2. The Morgan fingerprint density at radius 2 is 1.58 bits per heavy atom. The fourth-order valence-electron chi connectivity index (χ4n) is 6.07. The molecule has 260 valence electrons. The number of likely N-dealkylation sites (tertiary alicyclic amines) is 1. The van der Waals surface area contributed by atoms with Crippen LogP contribution in [-0.4, -0.2) is 63.3 Å². The van der Waals surface area contributed by atoms with E-state index in [2.05, 4.69) is 5.32 Å². The Hall–Kier alpha value is -4.52. The van der Waals surface area contributed by atoms with Crippen molar-refractivity contribution in [1.82, 2.24) is 10.2 Å². The Morgan fingerprint density at radius 1 is 0.840 bits per heavy atom. The van der Waals surface area contributed by atoms with Crippen LogP contribution < -0.4 is 5.32 Å². The first-order chi connectivity index (χ1) is 24.4. The summed E-state index contributed by atoms with van der Waals surface area (Å²) in [5.41, 5.74) is 6.07. The van der Waals surface area contributed by atoms with E-state index in [-0.39, 0.29) is 50.9 Å². The molecule has 50 heavy (non-hydrogen) atoms. The number of benzene rings is 4. The van der Waals surface area contributed by atoms with Gasteiger partial charge in [-0.25, -0.2) is 4.79 Å². The van der Waals surface area contributed by atoms with Gasteiger partial charge in [-0.2, -0.15) is 11.8 Å². The molecule has 3 N–H and O–H groups in total. The number of aliphatic hydroxyl groups excluding tert-OH is 2. The number of nitrogens with zero attached hydrogens (tertiary/aromatic N) is 1. The predicted octanol–water partition coefficient (Wildman–Crippen LogP) is 5.67. The van der Waals surface area contributed by atoms with Crippen LogP contribution in [0, 0.1) is 0 Å². The number of hydrogen-bond acceptors (Lipinski definition) is 9. The van der Waals surface area contributed by atoms with Crippen LogP contribution in [0.15, 0.2) is 103 Å². The van der Waals surface area contributed by atoms with Crippen molar-refractivity contribution in [2.45, 2.75) is 57.1 Å². The SMILES string of the molecule is O=C(NC1CC(=O)N(Cc2cccc(-c3cccc(C4OC(CSCCO)CC(c5ccc(CO)cc5)O4)c3)c2)C1=O)OCc1ccccc1. The summed E-state index contributed by atoms with van der Waals surface area (Å²) in [6, 6.07) is 31.5. The first-order valence-corrected chi connectivity index (χ1v) is 17.8. The van der Waals surface area contributed by atoms with E-state index < -0.39 is 24.3 Å². The third kappa shape index (κ3) is 8.98. The van der Waals surface area contributed by atoms with Crippen molar-refractivity contribution in [3.8, 4) is 11.1 Å². The highest BCUT2D eigenvalue weighted by Gasteiger charge is 2.40. The van der Waals surface area contributed by atoms with Gasteiger partial charge in [-0.05, 0) is 45.5 Å². The van der Waals surface area contributed by atoms with Gasteiger partial charge in [0.2, 0.25) is 5.91 Å². The van der Waals surface area contributed by atoms with Crippen molar-refractivity contribution < 1.29 is 38.8 Å². The molecule has 0 saturated carbocycles. The van der Waals surface area contributed by atoms with Gasteiger partial charge < -0.3 is 29.7 Å². The minimum Gasteiger partial charge on any atom is -0.445 e. The van der Waals surface area contributed by atoms with E-state index in [0.717, 1.165) is 38.9 Å². The highest BCUT2D eigenvalue weighted by Crippen LogP contribution is 2.39. The van der Waals surface area contributed by atoms with Gasteiger partial charge in [0, 0.05) is 23.5 Å². The van der Waals surface area contributed by atoms with E-state index in [4.69, 9.17) is 14.2 Å². The van der Waals surface area contributed by atoms with Gasteiger partial charge in [0.25, 0.3) is 5.91 Å². The highest BCUT2D eigenvalue weighted by atomic mass is 32.2. The quantitative estimate of drug-likeness (QED) is 0.119. The van der Waals surface area contributed by atoms with E-state index >= 15 is 0 Å². The topological polar surface area (TPSA) is 135 Å². The molecule has 0 aliphatic carbocycles. The van der Waals surface area contributed by atoms with E-state index in [1.807, 2.05) is 103 Å². The maximum Gasteiger partial charge on any atom is 0.408 e. The van der Waals surface area contributed by atoms with Crippen LogP contribution in [0.4, 0.5) is 4.79 Å². The van der Waals surface area contributed by atoms with E-state index in [0.29, 0.717) is 17.9 Å². The summed E-state index contributed by atoms with van der Waals surface area (Å²) in [5.74, 6) is 0.500. The molecule has 2 fully saturated rings. The molecule has 2 aliphatic rings. The Morgan fingerprint density at radius 3 is 2.34 bits per heavy atom. The zero-order valence-corrected chi connectivity index (χ0v) is 28.3. The number of imide groups is 1. The molecule has 0 spiro atoms. The second-order valence-electron chi connectivity index (χ2n) is 12.3. The first kappa shape index (κ1) is 35.3. The van der Waals surface area contributed by atoms with Gasteiger partial charge in [0.15, 0.2) is 6.29 Å². The molecule has 6 rings (SSSR count). The van der Waals surface area contributed by atoms with Gasteiger partial charge in [0.05, 0.1) is 38.4 Å². The zero-order chi connectivity index (χ0) is 34.9. The summed E-state index contributed by atoms with van der Waals surface area (Å²) >= 11 is 1.64. The van der Waals surface area contributed by atoms with Crippen molar-refractivity contribution in [3.05, 3.63) is 131 Å². The maximum absolute atomic E-state index is 13.2. The number of hydrogen-bond donors (Lipinski definition) is 3. The number of amides is 3. The smallest absolute Gasteiger partial charge is 0.408 e. The van der Waals surface area contributed by atoms with Crippen molar-refractivity contribution in [1.29, 1.82) is 0 Å². The lowest BCUT2D eigenvalue weighted by Crippen LogP contribution is -2.41. The van der Waals surface area contributed by atoms with E-state index in [1.165, 1.54) is 4.90 Å². The number of carbonyl (C=O) groups excluding carboxylic acids is 3. The predicted molar refractivity (Wildman–Crippen MR) is 188 cm³/mol. The third-order valence-electron chi connectivity index (χ3n) is 8.66. The Labute approximate surface area is 295 Å². The normalized spacial score (nSPS) is 20.6. The lowest BCUT2D eigenvalue weighted by atomic mass is 9.99. The number of nitrogens with one attached hydrogen (secondary N) is 1. The van der Waals surface area contributed by atoms with E-state index in [1.54, 1.807) is 11.8 Å². The molecule has 2 heterocycles. The number of rotatable bonds is 13. The minimum atomic E-state index is -0.983. The molecular formula is C39H40N2O8S. The lowest BCUT2D eigenvalue weighted by molar-refractivity contribution is -0.245. The van der Waals surface area contributed by atoms with Gasteiger partial charge in [-0.3, -0.25) is 14.5 Å². The summed E-state index contributed by atoms with van der Waals surface area (Å²) in [6.45, 7) is 0.204. The van der Waals surface area contributed by atoms with Crippen LogP contribution in [-0.2, 0) is 43.6 Å². The molecule has 2 saturated heterocycles. The van der Waals surface area contributed by atoms with Crippen LogP contribution in [0.5, 0.6) is 0 Å². The fourth-order valence-corrected chi connectivity index (χ4v) is 6.84. The Bertz CT molecular complexity index is 1770. The minimum absolute atomic E-state index is 0.0274. The second-order valence-corrected chi connectivity index (χ2v) is 13.4. The number of aliphatic hydroxyl groups is 2. The second kappa shape index (κ2) is 16.9. The Kier molecular flexibility index (Phi) is 12.0. The molecular weight excluding hydrogens is 657 g/mol. The number of carbonyl (C=O) groups is 3. The molecule has 10 nitrogen and oxygen atoms in total. The molecule has 0 aromatic heterocycles. The molecule has 2 aliphatic heterocycles. The van der Waals surface area contributed by atoms with Crippen molar-refractivity contribution >= 4 is 29.7 Å². The van der Waals surface area contributed by atoms with Crippen molar-refractivity contribution in [2.75, 3.05) is 18.1 Å². The molecule has 0 radical (unpaired) electrons. The van der Waals surface area contributed by atoms with Gasteiger partial charge in [-0.1, -0.05) is 91.0 Å². The van der Waals surface area contributed by atoms with Crippen LogP contribution in [0.2, 0.25) is 0 Å². The van der Waals surface area contributed by atoms with Crippen LogP contribution >= 0.6 is 11.8 Å². The number of ether oxygens (including phenoxy) is 3. The highest BCUT2D eigenvalue weighted by molar-refractivity contribution is 7.99. The molecule has 4 aromatic rings. The Balaban J connectivity index is 1.12. The number of thioether (sulfide) groups is 1. The van der Waals surface area contributed by atoms with Gasteiger partial charge >= 0.3 is 6.09 Å². The number of alkyl carbamates (subject to hydrolysis) is 1. The van der Waals surface area contributed by atoms with Gasteiger partial charge in [0.1, 0.15) is 12.6 Å². The molecule has 3 amide bonds. The standard InChI is InChI=1S/C39H40N2O8S/c42-16-17-50-25-33-20-35(29-14-12-26(23-43)13-15-29)49-38(48-33)32-11-5-10-31(19-32)30-9-4-8-28(18-30)22-41-36(44)21-34(37(41)45)40-39(46)47-24-27-6-2-1-3-7-27/h1-15,18-19,33-35,38,42-43H,16-17,20-25H2,(H,40,46). The monoisotopic (exact) mass is 696 g/mol. The van der Waals surface area contributed by atoms with E-state index in [9.17, 15) is 24.6 Å². The van der Waals surface area contributed by atoms with Crippen LogP contribution in [0.3, 0.4) is 0 Å². The first-order valence-electron chi connectivity index (χ1n) is 16.6. The summed E-state index contributed by atoms with van der Waals surface area (Å²) < 4.78 is 18.2. The molecule has 4 atom stereocenters. The largest absolute Gasteiger partial charge is 0.445 e. The van der Waals surface area contributed by atoms with Gasteiger partial charge in [-0.15, -0.1) is 0 Å². The van der Waals surface area contributed by atoms with Crippen molar-refractivity contribution in [2.24, 2.45) is 0 Å². The summed E-state index contributed by atoms with van der Waals surface area (Å²) in [6.07, 6.45) is -1.16. The zero-order valence-electron chi connectivity index (χ0n) is 27.5. The molecule has 0 bridgehead atoms. The fraction of sp³-hybridized carbons (Fsp3) is 0.308. The van der Waals surface area contributed by atoms with Crippen molar-refractivity contribution in [3.63, 3.8) is 0 Å². The van der Waals surface area contributed by atoms with Crippen LogP contribution in [0.25, 0.3) is 11.1 Å². The average Bonchev–Trinajstić information content (AvgIpc) is 3.41. The molecule has 11 heteroatoms. The average molecular weight is 697 g/mol. The summed E-state index contributed by atoms with van der Waals surface area (Å²) in [5, 5.41) is 21.3. The third-order valence-corrected chi connectivity index (χ3v) is 9.74.